The van der Waals surface area contributed by atoms with E-state index in [0.29, 0.717) is 11.4 Å². The van der Waals surface area contributed by atoms with E-state index in [0.717, 1.165) is 31.6 Å². The molecule has 0 aliphatic carbocycles. The minimum absolute atomic E-state index is 0. The van der Waals surface area contributed by atoms with Crippen molar-refractivity contribution in [1.82, 2.24) is 10.2 Å². The molecule has 0 bridgehead atoms. The summed E-state index contributed by atoms with van der Waals surface area (Å²) in [7, 11) is 0. The largest absolute Gasteiger partial charge is 0.340 e. The van der Waals surface area contributed by atoms with E-state index in [9.17, 15) is 9.18 Å². The van der Waals surface area contributed by atoms with Crippen LogP contribution in [0.3, 0.4) is 0 Å². The quantitative estimate of drug-likeness (QED) is 0.816. The summed E-state index contributed by atoms with van der Waals surface area (Å²) in [6.07, 6.45) is 0.942. The third-order valence-electron chi connectivity index (χ3n) is 4.06. The number of nitrogens with one attached hydrogen (secondary N) is 1. The molecule has 25 heavy (non-hydrogen) atoms. The molecular formula is C19H22ClFN2OS. The molecule has 0 radical (unpaired) electrons. The third-order valence-corrected chi connectivity index (χ3v) is 5.35. The number of halogens is 2. The average molecular weight is 381 g/mol. The Kier molecular flexibility index (Phi) is 7.75. The van der Waals surface area contributed by atoms with Crippen molar-refractivity contribution in [2.75, 3.05) is 26.2 Å². The van der Waals surface area contributed by atoms with Crippen molar-refractivity contribution in [3.63, 3.8) is 0 Å². The summed E-state index contributed by atoms with van der Waals surface area (Å²) in [4.78, 5) is 15.5. The van der Waals surface area contributed by atoms with Crippen LogP contribution in [0.25, 0.3) is 0 Å². The molecule has 1 unspecified atom stereocenters. The van der Waals surface area contributed by atoms with Crippen LogP contribution in [0.15, 0.2) is 59.5 Å². The number of carbonyl (C=O) groups is 1. The minimum Gasteiger partial charge on any atom is -0.340 e. The highest BCUT2D eigenvalue weighted by molar-refractivity contribution is 8.00. The number of hydrogen-bond donors (Lipinski definition) is 1. The Bertz CT molecular complexity index is 678. The highest BCUT2D eigenvalue weighted by Crippen LogP contribution is 2.38. The van der Waals surface area contributed by atoms with Gasteiger partial charge in [0.25, 0.3) is 0 Å². The van der Waals surface area contributed by atoms with Crippen LogP contribution in [0.2, 0.25) is 0 Å². The highest BCUT2D eigenvalue weighted by Gasteiger charge is 2.28. The number of nitrogens with zero attached hydrogens (tertiary/aromatic N) is 1. The molecule has 1 aliphatic heterocycles. The van der Waals surface area contributed by atoms with Crippen LogP contribution in [0.5, 0.6) is 0 Å². The van der Waals surface area contributed by atoms with Crippen LogP contribution in [-0.4, -0.2) is 37.0 Å². The Labute approximate surface area is 158 Å². The number of benzene rings is 2. The van der Waals surface area contributed by atoms with E-state index in [1.54, 1.807) is 18.2 Å². The molecule has 1 atom stereocenters. The topological polar surface area (TPSA) is 32.3 Å². The Morgan fingerprint density at radius 3 is 2.52 bits per heavy atom. The van der Waals surface area contributed by atoms with Gasteiger partial charge in [0.15, 0.2) is 0 Å². The number of hydrogen-bond acceptors (Lipinski definition) is 3. The van der Waals surface area contributed by atoms with Crippen LogP contribution >= 0.6 is 24.2 Å². The lowest BCUT2D eigenvalue weighted by Crippen LogP contribution is -2.36. The normalized spacial score (nSPS) is 15.8. The number of carbonyl (C=O) groups excluding carboxylic acids is 1. The number of thioether (sulfide) groups is 1. The first-order valence-corrected chi connectivity index (χ1v) is 9.09. The minimum atomic E-state index is -0.429. The van der Waals surface area contributed by atoms with Gasteiger partial charge < -0.3 is 10.2 Å². The highest BCUT2D eigenvalue weighted by atomic mass is 35.5. The molecule has 3 nitrogen and oxygen atoms in total. The Hall–Kier alpha value is -1.56. The first-order valence-electron chi connectivity index (χ1n) is 8.21. The van der Waals surface area contributed by atoms with Gasteiger partial charge in [-0.1, -0.05) is 42.5 Å². The zero-order chi connectivity index (χ0) is 16.8. The standard InChI is InChI=1S/C19H21FN2OS.ClH/c20-16-9-4-5-10-17(16)24-18(15-7-2-1-3-8-15)19(23)22-13-6-11-21-12-14-22;/h1-5,7-10,18,21H,6,11-14H2;1H. The molecular weight excluding hydrogens is 359 g/mol. The lowest BCUT2D eigenvalue weighted by Gasteiger charge is -2.26. The molecule has 0 aromatic heterocycles. The van der Waals surface area contributed by atoms with Crippen molar-refractivity contribution >= 4 is 30.1 Å². The molecule has 2 aromatic rings. The maximum atomic E-state index is 14.1. The van der Waals surface area contributed by atoms with Gasteiger partial charge >= 0.3 is 0 Å². The van der Waals surface area contributed by atoms with E-state index in [4.69, 9.17) is 0 Å². The van der Waals surface area contributed by atoms with Gasteiger partial charge in [0, 0.05) is 24.5 Å². The summed E-state index contributed by atoms with van der Waals surface area (Å²) in [5, 5.41) is 2.88. The van der Waals surface area contributed by atoms with E-state index in [1.165, 1.54) is 17.8 Å². The maximum absolute atomic E-state index is 14.1. The summed E-state index contributed by atoms with van der Waals surface area (Å²) in [6.45, 7) is 3.17. The van der Waals surface area contributed by atoms with Crippen molar-refractivity contribution in [1.29, 1.82) is 0 Å². The SMILES string of the molecule is Cl.O=C(C(Sc1ccccc1F)c1ccccc1)N1CCCNCC1. The summed E-state index contributed by atoms with van der Waals surface area (Å²) >= 11 is 1.29. The van der Waals surface area contributed by atoms with E-state index in [1.807, 2.05) is 35.2 Å². The van der Waals surface area contributed by atoms with Crippen molar-refractivity contribution in [3.8, 4) is 0 Å². The smallest absolute Gasteiger partial charge is 0.240 e. The second-order valence-electron chi connectivity index (χ2n) is 5.77. The van der Waals surface area contributed by atoms with Crippen LogP contribution < -0.4 is 5.32 Å². The van der Waals surface area contributed by atoms with Gasteiger partial charge in [-0.25, -0.2) is 4.39 Å². The first-order chi connectivity index (χ1) is 11.8. The molecule has 0 spiro atoms. The fraction of sp³-hybridized carbons (Fsp3) is 0.316. The predicted molar refractivity (Wildman–Crippen MR) is 103 cm³/mol. The number of rotatable bonds is 4. The van der Waals surface area contributed by atoms with Crippen molar-refractivity contribution in [2.24, 2.45) is 0 Å². The molecule has 3 rings (SSSR count). The third kappa shape index (κ3) is 5.21. The fourth-order valence-electron chi connectivity index (χ4n) is 2.79. The molecule has 1 N–H and O–H groups in total. The van der Waals surface area contributed by atoms with Crippen LogP contribution in [0, 0.1) is 5.82 Å². The Balaban J connectivity index is 0.00000225. The lowest BCUT2D eigenvalue weighted by molar-refractivity contribution is -0.130. The second kappa shape index (κ2) is 9.80. The Morgan fingerprint density at radius 1 is 1.04 bits per heavy atom. The Morgan fingerprint density at radius 2 is 1.76 bits per heavy atom. The van der Waals surface area contributed by atoms with E-state index < -0.39 is 5.25 Å². The van der Waals surface area contributed by atoms with Gasteiger partial charge in [0.05, 0.1) is 0 Å². The molecule has 1 amide bonds. The molecule has 1 heterocycles. The maximum Gasteiger partial charge on any atom is 0.240 e. The monoisotopic (exact) mass is 380 g/mol. The number of amides is 1. The molecule has 0 saturated carbocycles. The second-order valence-corrected chi connectivity index (χ2v) is 6.91. The molecule has 2 aromatic carbocycles. The van der Waals surface area contributed by atoms with Gasteiger partial charge in [-0.3, -0.25) is 4.79 Å². The van der Waals surface area contributed by atoms with E-state index in [2.05, 4.69) is 5.32 Å². The van der Waals surface area contributed by atoms with E-state index in [-0.39, 0.29) is 24.1 Å². The first kappa shape index (κ1) is 19.8. The fourth-order valence-corrected chi connectivity index (χ4v) is 3.92. The molecule has 134 valence electrons. The van der Waals surface area contributed by atoms with Crippen LogP contribution in [0.4, 0.5) is 4.39 Å². The van der Waals surface area contributed by atoms with Crippen molar-refractivity contribution in [2.45, 2.75) is 16.6 Å². The molecule has 1 aliphatic rings. The summed E-state index contributed by atoms with van der Waals surface area (Å²) < 4.78 is 14.1. The van der Waals surface area contributed by atoms with Crippen molar-refractivity contribution < 1.29 is 9.18 Å². The van der Waals surface area contributed by atoms with Gasteiger partial charge in [-0.15, -0.1) is 24.2 Å². The predicted octanol–water partition coefficient (Wildman–Crippen LogP) is 3.90. The molecule has 1 fully saturated rings. The van der Waals surface area contributed by atoms with Crippen LogP contribution in [0.1, 0.15) is 17.2 Å². The summed E-state index contributed by atoms with van der Waals surface area (Å²) in [5.74, 6) is -0.230. The van der Waals surface area contributed by atoms with Gasteiger partial charge in [-0.2, -0.15) is 0 Å². The molecule has 6 heteroatoms. The van der Waals surface area contributed by atoms with Crippen molar-refractivity contribution in [3.05, 3.63) is 66.0 Å². The lowest BCUT2D eigenvalue weighted by atomic mass is 10.1. The van der Waals surface area contributed by atoms with Gasteiger partial charge in [0.2, 0.25) is 5.91 Å². The van der Waals surface area contributed by atoms with E-state index >= 15 is 0 Å². The average Bonchev–Trinajstić information content (AvgIpc) is 2.91. The van der Waals surface area contributed by atoms with Crippen LogP contribution in [-0.2, 0) is 4.79 Å². The summed E-state index contributed by atoms with van der Waals surface area (Å²) in [6, 6.07) is 16.3. The summed E-state index contributed by atoms with van der Waals surface area (Å²) in [5.41, 5.74) is 0.910. The van der Waals surface area contributed by atoms with Gasteiger partial charge in [0.1, 0.15) is 11.1 Å². The zero-order valence-corrected chi connectivity index (χ0v) is 15.5. The zero-order valence-electron chi connectivity index (χ0n) is 13.9. The molecule has 1 saturated heterocycles. The van der Waals surface area contributed by atoms with Gasteiger partial charge in [-0.05, 0) is 30.7 Å².